The first-order valence-corrected chi connectivity index (χ1v) is 8.00. The van der Waals surface area contributed by atoms with Crippen molar-refractivity contribution in [2.45, 2.75) is 12.1 Å². The summed E-state index contributed by atoms with van der Waals surface area (Å²) in [5.74, 6) is 0. The lowest BCUT2D eigenvalue weighted by Gasteiger charge is -2.36. The molecule has 0 atom stereocenters. The van der Waals surface area contributed by atoms with E-state index in [1.165, 1.54) is 0 Å². The molecule has 0 radical (unpaired) electrons. The Bertz CT molecular complexity index is 887. The molecular weight excluding hydrogens is 335 g/mol. The number of aromatic nitrogens is 2. The minimum Gasteiger partial charge on any atom is -0.383 e. The predicted molar refractivity (Wildman–Crippen MR) is 91.0 cm³/mol. The molecule has 1 N–H and O–H groups in total. The summed E-state index contributed by atoms with van der Waals surface area (Å²) in [4.78, 5) is 4.39. The molecule has 0 bridgehead atoms. The molecule has 0 unspecified atom stereocenters. The number of aliphatic hydroxyl groups is 1. The van der Waals surface area contributed by atoms with Crippen LogP contribution in [0.3, 0.4) is 0 Å². The van der Waals surface area contributed by atoms with E-state index in [-0.39, 0.29) is 0 Å². The minimum absolute atomic E-state index is 0.354. The van der Waals surface area contributed by atoms with Crippen LogP contribution in [0.1, 0.15) is 0 Å². The normalized spacial score (nSPS) is 16.5. The Morgan fingerprint density at radius 1 is 1.17 bits per heavy atom. The average molecular weight is 349 g/mol. The van der Waals surface area contributed by atoms with Crippen LogP contribution >= 0.6 is 23.2 Å². The van der Waals surface area contributed by atoms with Gasteiger partial charge < -0.3 is 14.4 Å². The molecule has 1 fully saturated rings. The summed E-state index contributed by atoms with van der Waals surface area (Å²) < 4.78 is 7.05. The van der Waals surface area contributed by atoms with Crippen molar-refractivity contribution >= 4 is 34.2 Å². The van der Waals surface area contributed by atoms with Gasteiger partial charge >= 0.3 is 0 Å². The molecule has 3 aromatic rings. The van der Waals surface area contributed by atoms with Crippen molar-refractivity contribution in [1.29, 1.82) is 0 Å². The van der Waals surface area contributed by atoms with E-state index in [0.717, 1.165) is 22.2 Å². The lowest BCUT2D eigenvalue weighted by Crippen LogP contribution is -2.52. The Morgan fingerprint density at radius 3 is 2.74 bits per heavy atom. The van der Waals surface area contributed by atoms with Gasteiger partial charge in [-0.2, -0.15) is 0 Å². The SMILES string of the molecule is OC1(Cn2cnc3ccc(-c4cc(Cl)ccc4Cl)cc32)COC1. The van der Waals surface area contributed by atoms with Gasteiger partial charge in [-0.15, -0.1) is 0 Å². The number of halogens is 2. The molecule has 1 aromatic heterocycles. The van der Waals surface area contributed by atoms with Crippen LogP contribution in [0, 0.1) is 0 Å². The number of hydrogen-bond donors (Lipinski definition) is 1. The predicted octanol–water partition coefficient (Wildman–Crippen LogP) is 3.77. The highest BCUT2D eigenvalue weighted by atomic mass is 35.5. The first-order valence-electron chi connectivity index (χ1n) is 7.25. The molecule has 4 nitrogen and oxygen atoms in total. The second-order valence-corrected chi connectivity index (χ2v) is 6.76. The Balaban J connectivity index is 1.79. The van der Waals surface area contributed by atoms with E-state index in [0.29, 0.717) is 29.8 Å². The van der Waals surface area contributed by atoms with Gasteiger partial charge in [-0.1, -0.05) is 29.3 Å². The molecule has 1 saturated heterocycles. The van der Waals surface area contributed by atoms with E-state index in [1.54, 1.807) is 18.5 Å². The number of rotatable bonds is 3. The summed E-state index contributed by atoms with van der Waals surface area (Å²) in [6, 6.07) is 11.3. The van der Waals surface area contributed by atoms with Crippen LogP contribution in [-0.2, 0) is 11.3 Å². The molecular formula is C17H14Cl2N2O2. The van der Waals surface area contributed by atoms with Gasteiger partial charge in [0, 0.05) is 15.6 Å². The standard InChI is InChI=1S/C17H14Cl2N2O2/c18-12-2-3-14(19)13(6-12)11-1-4-15-16(5-11)21(10-20-15)7-17(22)8-23-9-17/h1-6,10,22H,7-9H2. The van der Waals surface area contributed by atoms with Gasteiger partial charge in [-0.05, 0) is 35.9 Å². The smallest absolute Gasteiger partial charge is 0.129 e. The van der Waals surface area contributed by atoms with Crippen LogP contribution < -0.4 is 0 Å². The minimum atomic E-state index is -0.808. The van der Waals surface area contributed by atoms with E-state index in [4.69, 9.17) is 27.9 Å². The van der Waals surface area contributed by atoms with Crippen molar-refractivity contribution in [1.82, 2.24) is 9.55 Å². The first kappa shape index (κ1) is 15.0. The van der Waals surface area contributed by atoms with E-state index in [9.17, 15) is 5.11 Å². The van der Waals surface area contributed by atoms with Crippen LogP contribution in [-0.4, -0.2) is 33.5 Å². The lowest BCUT2D eigenvalue weighted by molar-refractivity contribution is -0.184. The van der Waals surface area contributed by atoms with E-state index < -0.39 is 5.60 Å². The Kier molecular flexibility index (Phi) is 3.58. The third-order valence-electron chi connectivity index (χ3n) is 4.07. The zero-order chi connectivity index (χ0) is 16.0. The molecule has 2 heterocycles. The van der Waals surface area contributed by atoms with Crippen LogP contribution in [0.5, 0.6) is 0 Å². The highest BCUT2D eigenvalue weighted by Gasteiger charge is 2.36. The highest BCUT2D eigenvalue weighted by molar-refractivity contribution is 6.35. The second kappa shape index (κ2) is 5.49. The fourth-order valence-electron chi connectivity index (χ4n) is 2.82. The number of benzene rings is 2. The summed E-state index contributed by atoms with van der Waals surface area (Å²) in [6.45, 7) is 1.16. The number of hydrogen-bond acceptors (Lipinski definition) is 3. The molecule has 2 aromatic carbocycles. The van der Waals surface area contributed by atoms with Crippen molar-refractivity contribution in [2.24, 2.45) is 0 Å². The van der Waals surface area contributed by atoms with Crippen molar-refractivity contribution in [2.75, 3.05) is 13.2 Å². The van der Waals surface area contributed by atoms with E-state index in [1.807, 2.05) is 28.8 Å². The molecule has 0 aliphatic carbocycles. The summed E-state index contributed by atoms with van der Waals surface area (Å²) in [5, 5.41) is 11.6. The van der Waals surface area contributed by atoms with Crippen LogP contribution in [0.4, 0.5) is 0 Å². The maximum Gasteiger partial charge on any atom is 0.129 e. The highest BCUT2D eigenvalue weighted by Crippen LogP contribution is 2.32. The fourth-order valence-corrected chi connectivity index (χ4v) is 3.21. The van der Waals surface area contributed by atoms with Gasteiger partial charge in [0.1, 0.15) is 5.60 Å². The second-order valence-electron chi connectivity index (χ2n) is 5.92. The van der Waals surface area contributed by atoms with Crippen molar-refractivity contribution in [3.63, 3.8) is 0 Å². The quantitative estimate of drug-likeness (QED) is 0.783. The topological polar surface area (TPSA) is 47.3 Å². The van der Waals surface area contributed by atoms with Gasteiger partial charge in [-0.25, -0.2) is 4.98 Å². The largest absolute Gasteiger partial charge is 0.383 e. The molecule has 4 rings (SSSR count). The summed E-state index contributed by atoms with van der Waals surface area (Å²) in [6.07, 6.45) is 1.74. The zero-order valence-electron chi connectivity index (χ0n) is 12.2. The van der Waals surface area contributed by atoms with Crippen molar-refractivity contribution < 1.29 is 9.84 Å². The molecule has 1 aliphatic rings. The third kappa shape index (κ3) is 2.72. The zero-order valence-corrected chi connectivity index (χ0v) is 13.7. The van der Waals surface area contributed by atoms with E-state index in [2.05, 4.69) is 4.98 Å². The number of ether oxygens (including phenoxy) is 1. The average Bonchev–Trinajstić information content (AvgIpc) is 2.90. The Labute approximate surface area is 143 Å². The van der Waals surface area contributed by atoms with Gasteiger partial charge in [0.25, 0.3) is 0 Å². The molecule has 0 spiro atoms. The molecule has 1 aliphatic heterocycles. The lowest BCUT2D eigenvalue weighted by atomic mass is 10.0. The van der Waals surface area contributed by atoms with Crippen LogP contribution in [0.15, 0.2) is 42.7 Å². The number of fused-ring (bicyclic) bond motifs is 1. The van der Waals surface area contributed by atoms with Gasteiger partial charge in [-0.3, -0.25) is 0 Å². The molecule has 0 saturated carbocycles. The maximum absolute atomic E-state index is 10.3. The van der Waals surface area contributed by atoms with Gasteiger partial charge in [0.05, 0.1) is 37.1 Å². The van der Waals surface area contributed by atoms with Crippen molar-refractivity contribution in [3.8, 4) is 11.1 Å². The first-order chi connectivity index (χ1) is 11.0. The molecule has 23 heavy (non-hydrogen) atoms. The number of nitrogens with zero attached hydrogens (tertiary/aromatic N) is 2. The van der Waals surface area contributed by atoms with Crippen LogP contribution in [0.25, 0.3) is 22.2 Å². The molecule has 6 heteroatoms. The fraction of sp³-hybridized carbons (Fsp3) is 0.235. The third-order valence-corrected chi connectivity index (χ3v) is 4.63. The number of imidazole rings is 1. The van der Waals surface area contributed by atoms with E-state index >= 15 is 0 Å². The Morgan fingerprint density at radius 2 is 2.00 bits per heavy atom. The van der Waals surface area contributed by atoms with Gasteiger partial charge in [0.15, 0.2) is 0 Å². The van der Waals surface area contributed by atoms with Crippen LogP contribution in [0.2, 0.25) is 10.0 Å². The molecule has 118 valence electrons. The van der Waals surface area contributed by atoms with Gasteiger partial charge in [0.2, 0.25) is 0 Å². The molecule has 0 amide bonds. The summed E-state index contributed by atoms with van der Waals surface area (Å²) in [7, 11) is 0. The Hall–Kier alpha value is -1.59. The summed E-state index contributed by atoms with van der Waals surface area (Å²) in [5.41, 5.74) is 2.84. The monoisotopic (exact) mass is 348 g/mol. The van der Waals surface area contributed by atoms with Crippen molar-refractivity contribution in [3.05, 3.63) is 52.8 Å². The summed E-state index contributed by atoms with van der Waals surface area (Å²) >= 11 is 12.4. The maximum atomic E-state index is 10.3.